The molecule has 6 nitrogen and oxygen atoms in total. The van der Waals surface area contributed by atoms with Crippen LogP contribution in [0.3, 0.4) is 0 Å². The highest BCUT2D eigenvalue weighted by atomic mass is 16.3. The van der Waals surface area contributed by atoms with Crippen molar-refractivity contribution in [2.75, 3.05) is 12.3 Å². The molecule has 6 heteroatoms. The molecule has 16 heavy (non-hydrogen) atoms. The highest BCUT2D eigenvalue weighted by molar-refractivity contribution is 5.98. The van der Waals surface area contributed by atoms with Crippen molar-refractivity contribution in [3.05, 3.63) is 11.4 Å². The number of anilines is 1. The summed E-state index contributed by atoms with van der Waals surface area (Å²) in [5.41, 5.74) is 6.72. The summed E-state index contributed by atoms with van der Waals surface area (Å²) in [4.78, 5) is 11.8. The van der Waals surface area contributed by atoms with Gasteiger partial charge >= 0.3 is 0 Å². The van der Waals surface area contributed by atoms with Gasteiger partial charge in [-0.25, -0.2) is 0 Å². The van der Waals surface area contributed by atoms with Crippen LogP contribution < -0.4 is 11.1 Å². The number of aliphatic hydroxyl groups excluding tert-OH is 1. The van der Waals surface area contributed by atoms with E-state index in [2.05, 4.69) is 15.5 Å². The van der Waals surface area contributed by atoms with E-state index >= 15 is 0 Å². The smallest absolute Gasteiger partial charge is 0.274 e. The molecule has 88 valence electrons. The van der Waals surface area contributed by atoms with Crippen molar-refractivity contribution in [2.24, 2.45) is 0 Å². The summed E-state index contributed by atoms with van der Waals surface area (Å²) in [6, 6.07) is 0. The average molecular weight is 224 g/mol. The lowest BCUT2D eigenvalue weighted by molar-refractivity contribution is 0.0902. The lowest BCUT2D eigenvalue weighted by atomic mass is 10.2. The predicted octanol–water partition coefficient (Wildman–Crippen LogP) is -0.191. The Bertz CT molecular complexity index is 409. The molecule has 0 aromatic carbocycles. The molecule has 0 atom stereocenters. The minimum atomic E-state index is -0.436. The van der Waals surface area contributed by atoms with Crippen molar-refractivity contribution in [3.8, 4) is 0 Å². The zero-order valence-electron chi connectivity index (χ0n) is 9.21. The third-order valence-electron chi connectivity index (χ3n) is 2.99. The van der Waals surface area contributed by atoms with Gasteiger partial charge in [0.25, 0.3) is 5.91 Å². The van der Waals surface area contributed by atoms with Crippen LogP contribution in [0.1, 0.15) is 35.9 Å². The van der Waals surface area contributed by atoms with Crippen LogP contribution in [-0.4, -0.2) is 33.4 Å². The number of aryl methyl sites for hydroxylation is 1. The third kappa shape index (κ3) is 1.76. The summed E-state index contributed by atoms with van der Waals surface area (Å²) < 4.78 is 0. The number of carbonyl (C=O) groups is 1. The number of hydrogen-bond acceptors (Lipinski definition) is 4. The highest BCUT2D eigenvalue weighted by Gasteiger charge is 2.44. The maximum absolute atomic E-state index is 11.8. The van der Waals surface area contributed by atoms with Gasteiger partial charge in [-0.15, -0.1) is 0 Å². The lowest BCUT2D eigenvalue weighted by Gasteiger charge is -2.13. The first kappa shape index (κ1) is 10.9. The second kappa shape index (κ2) is 3.79. The number of aliphatic hydroxyl groups is 1. The Labute approximate surface area is 93.2 Å². The number of nitrogen functional groups attached to an aromatic ring is 1. The van der Waals surface area contributed by atoms with Crippen LogP contribution in [-0.2, 0) is 6.42 Å². The van der Waals surface area contributed by atoms with E-state index in [1.165, 1.54) is 0 Å². The van der Waals surface area contributed by atoms with Crippen molar-refractivity contribution in [3.63, 3.8) is 0 Å². The number of H-pyrrole nitrogens is 1. The highest BCUT2D eigenvalue weighted by Crippen LogP contribution is 2.35. The van der Waals surface area contributed by atoms with Crippen LogP contribution in [0, 0.1) is 0 Å². The molecule has 0 bridgehead atoms. The molecule has 1 heterocycles. The minimum absolute atomic E-state index is 0.0380. The number of amides is 1. The van der Waals surface area contributed by atoms with E-state index in [0.29, 0.717) is 12.1 Å². The molecule has 1 amide bonds. The Morgan fingerprint density at radius 3 is 2.81 bits per heavy atom. The van der Waals surface area contributed by atoms with Crippen LogP contribution in [0.2, 0.25) is 0 Å². The number of nitrogens with one attached hydrogen (secondary N) is 2. The van der Waals surface area contributed by atoms with E-state index in [1.807, 2.05) is 6.92 Å². The normalized spacial score (nSPS) is 17.1. The predicted molar refractivity (Wildman–Crippen MR) is 58.9 cm³/mol. The van der Waals surface area contributed by atoms with Crippen molar-refractivity contribution < 1.29 is 9.90 Å². The second-order valence-electron chi connectivity index (χ2n) is 4.21. The molecule has 1 saturated carbocycles. The van der Waals surface area contributed by atoms with Crippen LogP contribution in [0.15, 0.2) is 0 Å². The molecule has 2 rings (SSSR count). The van der Waals surface area contributed by atoms with Gasteiger partial charge in [0, 0.05) is 0 Å². The van der Waals surface area contributed by atoms with Gasteiger partial charge in [-0.1, -0.05) is 6.92 Å². The van der Waals surface area contributed by atoms with Gasteiger partial charge in [-0.3, -0.25) is 9.89 Å². The van der Waals surface area contributed by atoms with Gasteiger partial charge in [0.2, 0.25) is 0 Å². The minimum Gasteiger partial charge on any atom is -0.395 e. The van der Waals surface area contributed by atoms with Crippen LogP contribution in [0.4, 0.5) is 5.69 Å². The molecule has 1 aromatic rings. The maximum Gasteiger partial charge on any atom is 0.274 e. The molecule has 0 unspecified atom stereocenters. The van der Waals surface area contributed by atoms with Crippen molar-refractivity contribution in [1.29, 1.82) is 0 Å². The summed E-state index contributed by atoms with van der Waals surface area (Å²) >= 11 is 0. The summed E-state index contributed by atoms with van der Waals surface area (Å²) in [6.45, 7) is 1.89. The first-order valence-electron chi connectivity index (χ1n) is 5.38. The average Bonchev–Trinajstić information content (AvgIpc) is 2.94. The third-order valence-corrected chi connectivity index (χ3v) is 2.99. The Hall–Kier alpha value is -1.56. The maximum atomic E-state index is 11.8. The molecule has 0 radical (unpaired) electrons. The molecule has 0 spiro atoms. The first-order valence-corrected chi connectivity index (χ1v) is 5.38. The molecule has 1 aromatic heterocycles. The van der Waals surface area contributed by atoms with E-state index in [1.54, 1.807) is 0 Å². The molecule has 1 fully saturated rings. The fourth-order valence-electron chi connectivity index (χ4n) is 1.60. The Morgan fingerprint density at radius 1 is 1.69 bits per heavy atom. The summed E-state index contributed by atoms with van der Waals surface area (Å²) in [7, 11) is 0. The second-order valence-corrected chi connectivity index (χ2v) is 4.21. The molecule has 1 aliphatic carbocycles. The fraction of sp³-hybridized carbons (Fsp3) is 0.600. The Kier molecular flexibility index (Phi) is 2.59. The van der Waals surface area contributed by atoms with Crippen LogP contribution in [0.25, 0.3) is 0 Å². The summed E-state index contributed by atoms with van der Waals surface area (Å²) in [5, 5.41) is 18.5. The Balaban J connectivity index is 2.12. The first-order chi connectivity index (χ1) is 7.62. The Morgan fingerprint density at radius 2 is 2.38 bits per heavy atom. The largest absolute Gasteiger partial charge is 0.395 e. The number of carbonyl (C=O) groups excluding carboxylic acids is 1. The molecular formula is C10H16N4O2. The quantitative estimate of drug-likeness (QED) is 0.569. The molecule has 1 aliphatic rings. The van der Waals surface area contributed by atoms with Crippen LogP contribution >= 0.6 is 0 Å². The number of nitrogens with zero attached hydrogens (tertiary/aromatic N) is 1. The topological polar surface area (TPSA) is 104 Å². The van der Waals surface area contributed by atoms with Gasteiger partial charge in [0.15, 0.2) is 5.69 Å². The summed E-state index contributed by atoms with van der Waals surface area (Å²) in [5.74, 6) is -0.319. The van der Waals surface area contributed by atoms with Crippen molar-refractivity contribution in [1.82, 2.24) is 15.5 Å². The lowest BCUT2D eigenvalue weighted by Crippen LogP contribution is -2.40. The van der Waals surface area contributed by atoms with Gasteiger partial charge in [0.1, 0.15) is 0 Å². The molecular weight excluding hydrogens is 208 g/mol. The molecule has 0 aliphatic heterocycles. The fourth-order valence-corrected chi connectivity index (χ4v) is 1.60. The number of aromatic nitrogens is 2. The van der Waals surface area contributed by atoms with E-state index in [0.717, 1.165) is 18.5 Å². The molecule has 0 saturated heterocycles. The van der Waals surface area contributed by atoms with E-state index in [4.69, 9.17) is 10.8 Å². The monoisotopic (exact) mass is 224 g/mol. The van der Waals surface area contributed by atoms with Gasteiger partial charge in [-0.05, 0) is 19.3 Å². The zero-order valence-corrected chi connectivity index (χ0v) is 9.21. The van der Waals surface area contributed by atoms with E-state index < -0.39 is 5.54 Å². The summed E-state index contributed by atoms with van der Waals surface area (Å²) in [6.07, 6.45) is 2.32. The van der Waals surface area contributed by atoms with Crippen molar-refractivity contribution >= 4 is 11.6 Å². The number of rotatable bonds is 4. The number of hydrogen-bond donors (Lipinski definition) is 4. The zero-order chi connectivity index (χ0) is 11.8. The number of nitrogens with two attached hydrogens (primary N) is 1. The number of aromatic amines is 1. The van der Waals surface area contributed by atoms with E-state index in [-0.39, 0.29) is 18.2 Å². The standard InChI is InChI=1S/C10H16N4O2/c1-2-6-7(11)8(14-13-6)9(16)12-10(5-15)3-4-10/h15H,2-5,11H2,1H3,(H,12,16)(H,13,14). The molecule has 5 N–H and O–H groups in total. The van der Waals surface area contributed by atoms with Crippen molar-refractivity contribution in [2.45, 2.75) is 31.7 Å². The van der Waals surface area contributed by atoms with Gasteiger partial charge in [-0.2, -0.15) is 5.10 Å². The SMILES string of the molecule is CCc1[nH]nc(C(=O)NC2(CO)CC2)c1N. The van der Waals surface area contributed by atoms with E-state index in [9.17, 15) is 4.79 Å². The van der Waals surface area contributed by atoms with Gasteiger partial charge in [0.05, 0.1) is 23.5 Å². The van der Waals surface area contributed by atoms with Crippen LogP contribution in [0.5, 0.6) is 0 Å². The van der Waals surface area contributed by atoms with Gasteiger partial charge < -0.3 is 16.2 Å².